The third-order valence-corrected chi connectivity index (χ3v) is 4.66. The van der Waals surface area contributed by atoms with Crippen LogP contribution in [0, 0.1) is 0 Å². The predicted octanol–water partition coefficient (Wildman–Crippen LogP) is 2.97. The number of azo groups is 1. The summed E-state index contributed by atoms with van der Waals surface area (Å²) in [5, 5.41) is 20.8. The number of nitrogens with one attached hydrogen (secondary N) is 1. The molecule has 3 rings (SSSR count). The number of hydrogen-bond acceptors (Lipinski definition) is 7. The number of hydrogen-bond donors (Lipinski definition) is 2. The van der Waals surface area contributed by atoms with Crippen molar-refractivity contribution in [2.24, 2.45) is 10.2 Å². The van der Waals surface area contributed by atoms with E-state index in [0.29, 0.717) is 22.2 Å². The predicted molar refractivity (Wildman–Crippen MR) is 120 cm³/mol. The van der Waals surface area contributed by atoms with Crippen LogP contribution >= 0.6 is 0 Å². The molecule has 0 aliphatic carbocycles. The van der Waals surface area contributed by atoms with E-state index in [1.165, 1.54) is 24.9 Å². The van der Waals surface area contributed by atoms with Crippen LogP contribution in [0.15, 0.2) is 64.8 Å². The largest absolute Gasteiger partial charge is 0.496 e. The number of nitrogens with zero attached hydrogens (tertiary/aromatic N) is 3. The number of amides is 2. The van der Waals surface area contributed by atoms with Crippen molar-refractivity contribution in [1.82, 2.24) is 9.88 Å². The van der Waals surface area contributed by atoms with Crippen LogP contribution < -0.4 is 10.1 Å². The first-order valence-electron chi connectivity index (χ1n) is 9.85. The molecule has 0 unspecified atom stereocenters. The summed E-state index contributed by atoms with van der Waals surface area (Å²) in [5.41, 5.74) is 1.27. The zero-order chi connectivity index (χ0) is 23.8. The lowest BCUT2D eigenvalue weighted by Crippen LogP contribution is -2.26. The van der Waals surface area contributed by atoms with Crippen LogP contribution in [0.4, 0.5) is 5.69 Å². The van der Waals surface area contributed by atoms with E-state index in [4.69, 9.17) is 4.74 Å². The van der Waals surface area contributed by atoms with Gasteiger partial charge in [0.05, 0.1) is 19.7 Å². The van der Waals surface area contributed by atoms with Gasteiger partial charge in [-0.05, 0) is 18.2 Å². The normalized spacial score (nSPS) is 11.2. The summed E-state index contributed by atoms with van der Waals surface area (Å²) in [5.74, 6) is -1.51. The Morgan fingerprint density at radius 2 is 1.82 bits per heavy atom. The van der Waals surface area contributed by atoms with Gasteiger partial charge in [0.25, 0.3) is 5.91 Å². The van der Waals surface area contributed by atoms with Crippen molar-refractivity contribution in [3.63, 3.8) is 0 Å². The lowest BCUT2D eigenvalue weighted by atomic mass is 10.2. The zero-order valence-electron chi connectivity index (χ0n) is 18.0. The second-order valence-corrected chi connectivity index (χ2v) is 6.74. The van der Waals surface area contributed by atoms with Gasteiger partial charge >= 0.3 is 5.97 Å². The molecule has 2 N–H and O–H groups in total. The average molecular weight is 450 g/mol. The molecule has 0 atom stereocenters. The maximum absolute atomic E-state index is 12.1. The molecule has 0 aliphatic heterocycles. The van der Waals surface area contributed by atoms with Crippen LogP contribution in [0.2, 0.25) is 0 Å². The molecule has 3 aromatic rings. The minimum absolute atomic E-state index is 0.0326. The SMILES string of the molecule is COC(=O)Cn1c(O)c(N=NC(=O)CNC(=O)/C=C\c2ccccc2OC)c2ccccc21. The van der Waals surface area contributed by atoms with E-state index in [2.05, 4.69) is 20.3 Å². The lowest BCUT2D eigenvalue weighted by molar-refractivity contribution is -0.141. The fraction of sp³-hybridized carbons (Fsp3) is 0.174. The topological polar surface area (TPSA) is 132 Å². The van der Waals surface area contributed by atoms with Crippen LogP contribution in [0.5, 0.6) is 11.6 Å². The zero-order valence-corrected chi connectivity index (χ0v) is 18.0. The molecule has 1 heterocycles. The summed E-state index contributed by atoms with van der Waals surface area (Å²) in [4.78, 5) is 35.8. The van der Waals surface area contributed by atoms with Crippen LogP contribution in [0.25, 0.3) is 17.0 Å². The van der Waals surface area contributed by atoms with Crippen LogP contribution in [0.3, 0.4) is 0 Å². The number of fused-ring (bicyclic) bond motifs is 1. The molecule has 10 nitrogen and oxygen atoms in total. The summed E-state index contributed by atoms with van der Waals surface area (Å²) in [6.07, 6.45) is 2.84. The molecule has 170 valence electrons. The quantitative estimate of drug-likeness (QED) is 0.308. The number of para-hydroxylation sites is 2. The number of benzene rings is 2. The number of carbonyl (C=O) groups is 3. The van der Waals surface area contributed by atoms with Gasteiger partial charge in [0.2, 0.25) is 11.8 Å². The van der Waals surface area contributed by atoms with Gasteiger partial charge in [-0.15, -0.1) is 10.2 Å². The monoisotopic (exact) mass is 450 g/mol. The Bertz CT molecular complexity index is 1240. The molecule has 0 saturated carbocycles. The van der Waals surface area contributed by atoms with E-state index in [0.717, 1.165) is 0 Å². The molecule has 1 aromatic heterocycles. The van der Waals surface area contributed by atoms with Crippen molar-refractivity contribution in [3.8, 4) is 11.6 Å². The van der Waals surface area contributed by atoms with Crippen molar-refractivity contribution in [2.45, 2.75) is 6.54 Å². The van der Waals surface area contributed by atoms with E-state index >= 15 is 0 Å². The highest BCUT2D eigenvalue weighted by atomic mass is 16.5. The Hall–Kier alpha value is -4.47. The van der Waals surface area contributed by atoms with Crippen molar-refractivity contribution in [3.05, 3.63) is 60.2 Å². The Labute approximate surface area is 189 Å². The number of esters is 1. The Morgan fingerprint density at radius 3 is 2.58 bits per heavy atom. The standard InChI is InChI=1S/C23H22N4O6/c1-32-18-10-6-3-7-15(18)11-12-19(28)24-13-20(29)25-26-22-16-8-4-5-9-17(16)27(23(22)31)14-21(30)33-2/h3-12,31H,13-14H2,1-2H3,(H,24,28)/b12-11-,26-25?. The first-order chi connectivity index (χ1) is 15.9. The Kier molecular flexibility index (Phi) is 7.53. The molecule has 33 heavy (non-hydrogen) atoms. The minimum atomic E-state index is -0.724. The average Bonchev–Trinajstić information content (AvgIpc) is 3.10. The van der Waals surface area contributed by atoms with Crippen molar-refractivity contribution in [1.29, 1.82) is 0 Å². The molecule has 0 saturated heterocycles. The number of aromatic hydroxyl groups is 1. The summed E-state index contributed by atoms with van der Waals surface area (Å²) in [6.45, 7) is -0.624. The van der Waals surface area contributed by atoms with Crippen molar-refractivity contribution < 1.29 is 29.0 Å². The molecule has 2 aromatic carbocycles. The van der Waals surface area contributed by atoms with Crippen molar-refractivity contribution >= 4 is 40.4 Å². The molecule has 0 spiro atoms. The third-order valence-electron chi connectivity index (χ3n) is 4.66. The van der Waals surface area contributed by atoms with Gasteiger partial charge in [-0.25, -0.2) is 0 Å². The second-order valence-electron chi connectivity index (χ2n) is 6.74. The van der Waals surface area contributed by atoms with E-state index in [1.807, 2.05) is 12.1 Å². The molecule has 10 heteroatoms. The minimum Gasteiger partial charge on any atom is -0.496 e. The fourth-order valence-corrected chi connectivity index (χ4v) is 3.06. The maximum atomic E-state index is 12.1. The maximum Gasteiger partial charge on any atom is 0.325 e. The number of carbonyl (C=O) groups excluding carboxylic acids is 3. The molecule has 0 aliphatic rings. The molecule has 0 bridgehead atoms. The first kappa shape index (κ1) is 23.2. The Morgan fingerprint density at radius 1 is 1.09 bits per heavy atom. The number of aromatic nitrogens is 1. The highest BCUT2D eigenvalue weighted by Gasteiger charge is 2.18. The molecule has 0 radical (unpaired) electrons. The molecule has 2 amide bonds. The van der Waals surface area contributed by atoms with E-state index < -0.39 is 17.8 Å². The Balaban J connectivity index is 1.67. The van der Waals surface area contributed by atoms with Gasteiger partial charge in [0, 0.05) is 17.0 Å². The smallest absolute Gasteiger partial charge is 0.325 e. The lowest BCUT2D eigenvalue weighted by Gasteiger charge is -2.04. The number of ether oxygens (including phenoxy) is 2. The summed E-state index contributed by atoms with van der Waals surface area (Å²) >= 11 is 0. The van der Waals surface area contributed by atoms with Crippen LogP contribution in [0.1, 0.15) is 5.56 Å². The van der Waals surface area contributed by atoms with Gasteiger partial charge in [0.15, 0.2) is 5.69 Å². The summed E-state index contributed by atoms with van der Waals surface area (Å²) < 4.78 is 11.2. The molecular weight excluding hydrogens is 428 g/mol. The van der Waals surface area contributed by atoms with Gasteiger partial charge < -0.3 is 19.9 Å². The van der Waals surface area contributed by atoms with Crippen LogP contribution in [-0.2, 0) is 25.7 Å². The third kappa shape index (κ3) is 5.62. The summed E-state index contributed by atoms with van der Waals surface area (Å²) in [7, 11) is 2.77. The number of rotatable bonds is 8. The molecular formula is C23H22N4O6. The highest BCUT2D eigenvalue weighted by molar-refractivity contribution is 5.97. The fourth-order valence-electron chi connectivity index (χ4n) is 3.06. The van der Waals surface area contributed by atoms with Crippen LogP contribution in [-0.4, -0.2) is 48.2 Å². The van der Waals surface area contributed by atoms with E-state index in [1.54, 1.807) is 42.5 Å². The number of methoxy groups -OCH3 is 2. The second kappa shape index (κ2) is 10.7. The van der Waals surface area contributed by atoms with E-state index in [-0.39, 0.29) is 24.7 Å². The van der Waals surface area contributed by atoms with E-state index in [9.17, 15) is 19.5 Å². The molecule has 0 fully saturated rings. The van der Waals surface area contributed by atoms with Gasteiger partial charge in [-0.2, -0.15) is 0 Å². The highest BCUT2D eigenvalue weighted by Crippen LogP contribution is 2.38. The van der Waals surface area contributed by atoms with Gasteiger partial charge in [-0.1, -0.05) is 36.4 Å². The van der Waals surface area contributed by atoms with Crippen molar-refractivity contribution in [2.75, 3.05) is 20.8 Å². The summed E-state index contributed by atoms with van der Waals surface area (Å²) in [6, 6.07) is 14.0. The first-order valence-corrected chi connectivity index (χ1v) is 9.85. The van der Waals surface area contributed by atoms with Gasteiger partial charge in [-0.3, -0.25) is 19.0 Å². The van der Waals surface area contributed by atoms with Gasteiger partial charge in [0.1, 0.15) is 18.8 Å².